The fraction of sp³-hybridized carbons (Fsp3) is 0.714. The van der Waals surface area contributed by atoms with E-state index in [0.717, 1.165) is 31.4 Å². The Morgan fingerprint density at radius 3 is 2.57 bits per heavy atom. The van der Waals surface area contributed by atoms with E-state index in [9.17, 15) is 9.59 Å². The number of imide groups is 1. The Balaban J connectivity index is 1.13. The first kappa shape index (κ1) is 24.7. The van der Waals surface area contributed by atoms with Gasteiger partial charge in [-0.1, -0.05) is 12.5 Å². The number of rotatable bonds is 7. The summed E-state index contributed by atoms with van der Waals surface area (Å²) in [5.41, 5.74) is 2.50. The summed E-state index contributed by atoms with van der Waals surface area (Å²) >= 11 is 0. The van der Waals surface area contributed by atoms with Crippen LogP contribution in [-0.4, -0.2) is 77.4 Å². The zero-order valence-corrected chi connectivity index (χ0v) is 21.5. The molecule has 4 aliphatic rings. The molecule has 35 heavy (non-hydrogen) atoms. The molecule has 4 aliphatic heterocycles. The molecule has 0 aromatic heterocycles. The predicted molar refractivity (Wildman–Crippen MR) is 136 cm³/mol. The summed E-state index contributed by atoms with van der Waals surface area (Å²) < 4.78 is 6.36. The van der Waals surface area contributed by atoms with Gasteiger partial charge >= 0.3 is 0 Å². The average Bonchev–Trinajstić information content (AvgIpc) is 3.27. The van der Waals surface area contributed by atoms with E-state index in [-0.39, 0.29) is 17.9 Å². The van der Waals surface area contributed by atoms with Crippen LogP contribution in [0, 0.1) is 5.92 Å². The van der Waals surface area contributed by atoms with Crippen LogP contribution in [-0.2, 0) is 22.7 Å². The van der Waals surface area contributed by atoms with E-state index in [4.69, 9.17) is 4.74 Å². The third kappa shape index (κ3) is 5.89. The van der Waals surface area contributed by atoms with Crippen LogP contribution in [0.5, 0.6) is 5.75 Å². The number of amides is 2. The molecule has 3 saturated heterocycles. The van der Waals surface area contributed by atoms with E-state index >= 15 is 0 Å². The largest absolute Gasteiger partial charge is 0.492 e. The van der Waals surface area contributed by atoms with Crippen molar-refractivity contribution in [3.63, 3.8) is 0 Å². The zero-order chi connectivity index (χ0) is 24.4. The first-order valence-electron chi connectivity index (χ1n) is 13.8. The van der Waals surface area contributed by atoms with Crippen LogP contribution >= 0.6 is 0 Å². The normalized spacial score (nSPS) is 27.3. The predicted octanol–water partition coefficient (Wildman–Crippen LogP) is 3.16. The summed E-state index contributed by atoms with van der Waals surface area (Å²) in [6.07, 6.45) is 7.48. The first-order chi connectivity index (χ1) is 17.0. The molecule has 0 aliphatic carbocycles. The lowest BCUT2D eigenvalue weighted by Gasteiger charge is -2.41. The Labute approximate surface area is 210 Å². The highest BCUT2D eigenvalue weighted by molar-refractivity contribution is 6.00. The van der Waals surface area contributed by atoms with Crippen molar-refractivity contribution in [2.45, 2.75) is 90.0 Å². The van der Waals surface area contributed by atoms with Gasteiger partial charge in [-0.05, 0) is 94.8 Å². The second-order valence-electron chi connectivity index (χ2n) is 11.3. The zero-order valence-electron chi connectivity index (χ0n) is 21.5. The molecule has 0 radical (unpaired) electrons. The van der Waals surface area contributed by atoms with E-state index in [1.54, 1.807) is 0 Å². The number of benzene rings is 1. The highest BCUT2D eigenvalue weighted by atomic mass is 16.5. The summed E-state index contributed by atoms with van der Waals surface area (Å²) in [5.74, 6) is 1.43. The van der Waals surface area contributed by atoms with E-state index in [1.807, 2.05) is 0 Å². The third-order valence-corrected chi connectivity index (χ3v) is 8.64. The lowest BCUT2D eigenvalue weighted by atomic mass is 9.93. The van der Waals surface area contributed by atoms with Gasteiger partial charge in [-0.15, -0.1) is 0 Å². The number of nitrogens with zero attached hydrogens (tertiary/aromatic N) is 3. The SMILES string of the molecule is CC(C)N1CCC(CN2CCCC[C@@H]2COc2ccc3c(c2)CN(C2CCC(=O)NC2=O)C3)CC1. The average molecular weight is 483 g/mol. The Hall–Kier alpha value is -1.96. The molecule has 1 N–H and O–H groups in total. The lowest BCUT2D eigenvalue weighted by Crippen LogP contribution is -2.50. The molecule has 192 valence electrons. The number of hydrogen-bond acceptors (Lipinski definition) is 6. The Kier molecular flexibility index (Phi) is 7.75. The van der Waals surface area contributed by atoms with Crippen molar-refractivity contribution >= 4 is 11.8 Å². The second-order valence-corrected chi connectivity index (χ2v) is 11.3. The molecule has 1 aromatic carbocycles. The molecule has 2 amide bonds. The number of piperidine rings is 3. The molecule has 0 saturated carbocycles. The van der Waals surface area contributed by atoms with Crippen LogP contribution in [0.3, 0.4) is 0 Å². The molecule has 0 bridgehead atoms. The van der Waals surface area contributed by atoms with E-state index in [0.29, 0.717) is 24.9 Å². The van der Waals surface area contributed by atoms with Crippen molar-refractivity contribution < 1.29 is 14.3 Å². The number of likely N-dealkylation sites (tertiary alicyclic amines) is 2. The van der Waals surface area contributed by atoms with Gasteiger partial charge in [-0.3, -0.25) is 24.7 Å². The summed E-state index contributed by atoms with van der Waals surface area (Å²) in [6, 6.07) is 7.35. The van der Waals surface area contributed by atoms with E-state index in [1.165, 1.54) is 69.4 Å². The van der Waals surface area contributed by atoms with Crippen LogP contribution in [0.15, 0.2) is 18.2 Å². The van der Waals surface area contributed by atoms with Gasteiger partial charge in [0.2, 0.25) is 11.8 Å². The molecule has 1 unspecified atom stereocenters. The minimum atomic E-state index is -0.215. The van der Waals surface area contributed by atoms with Crippen molar-refractivity contribution in [2.24, 2.45) is 5.92 Å². The maximum Gasteiger partial charge on any atom is 0.243 e. The fourth-order valence-corrected chi connectivity index (χ4v) is 6.40. The van der Waals surface area contributed by atoms with Crippen LogP contribution in [0.1, 0.15) is 69.9 Å². The molecule has 2 atom stereocenters. The molecule has 5 rings (SSSR count). The van der Waals surface area contributed by atoms with Gasteiger partial charge in [0.25, 0.3) is 0 Å². The quantitative estimate of drug-likeness (QED) is 0.603. The Morgan fingerprint density at radius 1 is 1.00 bits per heavy atom. The van der Waals surface area contributed by atoms with Gasteiger partial charge in [0, 0.05) is 38.1 Å². The number of hydrogen-bond donors (Lipinski definition) is 1. The van der Waals surface area contributed by atoms with E-state index < -0.39 is 0 Å². The van der Waals surface area contributed by atoms with Gasteiger partial charge in [-0.2, -0.15) is 0 Å². The molecule has 1 aromatic rings. The fourth-order valence-electron chi connectivity index (χ4n) is 6.40. The summed E-state index contributed by atoms with van der Waals surface area (Å²) in [7, 11) is 0. The standard InChI is InChI=1S/C28H42N4O3/c1-20(2)30-13-10-21(11-14-30)16-31-12-4-3-5-24(31)19-35-25-7-6-22-17-32(18-23(22)15-25)26-8-9-27(33)29-28(26)34/h6-7,15,20-21,24,26H,3-5,8-14,16-19H2,1-2H3,(H,29,33,34)/t24-,26?/m1/s1. The minimum absolute atomic E-state index is 0.155. The molecule has 7 heteroatoms. The lowest BCUT2D eigenvalue weighted by molar-refractivity contribution is -0.137. The van der Waals surface area contributed by atoms with E-state index in [2.05, 4.69) is 52.1 Å². The molecular formula is C28H42N4O3. The van der Waals surface area contributed by atoms with Crippen molar-refractivity contribution in [2.75, 3.05) is 32.8 Å². The summed E-state index contributed by atoms with van der Waals surface area (Å²) in [5, 5.41) is 2.49. The maximum atomic E-state index is 12.3. The number of nitrogens with one attached hydrogen (secondary N) is 1. The molecular weight excluding hydrogens is 440 g/mol. The Bertz CT molecular complexity index is 911. The highest BCUT2D eigenvalue weighted by Gasteiger charge is 2.35. The van der Waals surface area contributed by atoms with Gasteiger partial charge < -0.3 is 9.64 Å². The van der Waals surface area contributed by atoms with Crippen LogP contribution < -0.4 is 10.1 Å². The van der Waals surface area contributed by atoms with Gasteiger partial charge in [0.15, 0.2) is 0 Å². The monoisotopic (exact) mass is 482 g/mol. The van der Waals surface area contributed by atoms with Crippen LogP contribution in [0.25, 0.3) is 0 Å². The summed E-state index contributed by atoms with van der Waals surface area (Å²) in [4.78, 5) is 31.3. The minimum Gasteiger partial charge on any atom is -0.492 e. The Morgan fingerprint density at radius 2 is 1.80 bits per heavy atom. The smallest absolute Gasteiger partial charge is 0.243 e. The van der Waals surface area contributed by atoms with Crippen LogP contribution in [0.2, 0.25) is 0 Å². The van der Waals surface area contributed by atoms with Gasteiger partial charge in [-0.25, -0.2) is 0 Å². The second kappa shape index (κ2) is 11.0. The van der Waals surface area contributed by atoms with Crippen LogP contribution in [0.4, 0.5) is 0 Å². The number of carbonyl (C=O) groups excluding carboxylic acids is 2. The van der Waals surface area contributed by atoms with Gasteiger partial charge in [0.05, 0.1) is 6.04 Å². The maximum absolute atomic E-state index is 12.3. The molecule has 7 nitrogen and oxygen atoms in total. The first-order valence-corrected chi connectivity index (χ1v) is 13.8. The van der Waals surface area contributed by atoms with Gasteiger partial charge in [0.1, 0.15) is 12.4 Å². The number of fused-ring (bicyclic) bond motifs is 1. The molecule has 0 spiro atoms. The van der Waals surface area contributed by atoms with Crippen molar-refractivity contribution in [1.29, 1.82) is 0 Å². The summed E-state index contributed by atoms with van der Waals surface area (Å²) in [6.45, 7) is 11.8. The molecule has 4 heterocycles. The number of ether oxygens (including phenoxy) is 1. The van der Waals surface area contributed by atoms with Crippen molar-refractivity contribution in [1.82, 2.24) is 20.0 Å². The number of carbonyl (C=O) groups is 2. The van der Waals surface area contributed by atoms with Crippen molar-refractivity contribution in [3.8, 4) is 5.75 Å². The highest BCUT2D eigenvalue weighted by Crippen LogP contribution is 2.31. The topological polar surface area (TPSA) is 65.1 Å². The third-order valence-electron chi connectivity index (χ3n) is 8.64. The molecule has 3 fully saturated rings. The van der Waals surface area contributed by atoms with Crippen molar-refractivity contribution in [3.05, 3.63) is 29.3 Å².